The van der Waals surface area contributed by atoms with Gasteiger partial charge >= 0.3 is 0 Å². The van der Waals surface area contributed by atoms with E-state index in [9.17, 15) is 12.8 Å². The number of aromatic nitrogens is 4. The maximum atomic E-state index is 13.2. The van der Waals surface area contributed by atoms with Crippen LogP contribution in [0.4, 0.5) is 10.1 Å². The number of pyridine rings is 1. The van der Waals surface area contributed by atoms with Gasteiger partial charge < -0.3 is 4.42 Å². The highest BCUT2D eigenvalue weighted by Crippen LogP contribution is 2.29. The fourth-order valence-electron chi connectivity index (χ4n) is 2.11. The van der Waals surface area contributed by atoms with Gasteiger partial charge in [-0.05, 0) is 26.0 Å². The van der Waals surface area contributed by atoms with Crippen molar-refractivity contribution in [1.82, 2.24) is 20.2 Å². The molecule has 11 heteroatoms. The Labute approximate surface area is 153 Å². The fourth-order valence-corrected chi connectivity index (χ4v) is 4.08. The number of thiazole rings is 1. The van der Waals surface area contributed by atoms with Crippen LogP contribution in [-0.2, 0) is 16.6 Å². The summed E-state index contributed by atoms with van der Waals surface area (Å²) in [5.74, 6) is -0.0123. The van der Waals surface area contributed by atoms with Crippen LogP contribution >= 0.6 is 11.3 Å². The molecule has 3 aromatic rings. The van der Waals surface area contributed by atoms with Crippen LogP contribution in [0.1, 0.15) is 30.9 Å². The molecule has 3 heterocycles. The molecule has 8 nitrogen and oxygen atoms in total. The summed E-state index contributed by atoms with van der Waals surface area (Å²) < 4.78 is 44.6. The smallest absolute Gasteiger partial charge is 0.259 e. The molecule has 3 rings (SSSR count). The molecule has 0 saturated carbocycles. The Morgan fingerprint density at radius 2 is 2.15 bits per heavy atom. The van der Waals surface area contributed by atoms with Gasteiger partial charge in [-0.3, -0.25) is 9.29 Å². The molecule has 0 bridgehead atoms. The Morgan fingerprint density at radius 1 is 1.35 bits per heavy atom. The second-order valence-electron chi connectivity index (χ2n) is 5.30. The lowest BCUT2D eigenvalue weighted by Crippen LogP contribution is -2.31. The number of rotatable bonds is 7. The van der Waals surface area contributed by atoms with E-state index >= 15 is 0 Å². The van der Waals surface area contributed by atoms with Crippen molar-refractivity contribution < 1.29 is 17.2 Å². The van der Waals surface area contributed by atoms with Gasteiger partial charge in [0.05, 0.1) is 30.4 Å². The normalized spacial score (nSPS) is 12.9. The highest BCUT2D eigenvalue weighted by molar-refractivity contribution is 7.92. The zero-order valence-electron chi connectivity index (χ0n) is 14.0. The number of hydrogen-bond acceptors (Lipinski definition) is 8. The molecule has 0 spiro atoms. The molecule has 0 aliphatic carbocycles. The van der Waals surface area contributed by atoms with Gasteiger partial charge in [-0.25, -0.2) is 17.8 Å². The average Bonchev–Trinajstić information content (AvgIpc) is 3.29. The van der Waals surface area contributed by atoms with E-state index < -0.39 is 16.2 Å². The third-order valence-electron chi connectivity index (χ3n) is 3.46. The van der Waals surface area contributed by atoms with Gasteiger partial charge in [-0.2, -0.15) is 0 Å². The van der Waals surface area contributed by atoms with Crippen molar-refractivity contribution in [2.24, 2.45) is 0 Å². The third kappa shape index (κ3) is 3.88. The maximum Gasteiger partial charge on any atom is 0.259 e. The van der Waals surface area contributed by atoms with Crippen LogP contribution in [0.2, 0.25) is 0 Å². The molecule has 1 atom stereocenters. The summed E-state index contributed by atoms with van der Waals surface area (Å²) in [6.07, 6.45) is 3.19. The standard InChI is InChI=1S/C15H16FN5O3S2/c1-3-26(22,23)21(11-5-4-6-17-7-11)9-13-18-8-12(25-13)15-20-19-14(24-15)10(2)16/h4-8,10H,3,9H2,1-2H3. The van der Waals surface area contributed by atoms with Crippen LogP contribution in [-0.4, -0.2) is 34.3 Å². The summed E-state index contributed by atoms with van der Waals surface area (Å²) in [6, 6.07) is 3.33. The van der Waals surface area contributed by atoms with Crippen molar-refractivity contribution in [1.29, 1.82) is 0 Å². The van der Waals surface area contributed by atoms with Crippen molar-refractivity contribution in [3.05, 3.63) is 41.6 Å². The van der Waals surface area contributed by atoms with Crippen LogP contribution in [0.5, 0.6) is 0 Å². The molecule has 0 aliphatic heterocycles. The average molecular weight is 397 g/mol. The van der Waals surface area contributed by atoms with Gasteiger partial charge in [0.15, 0.2) is 6.17 Å². The molecule has 26 heavy (non-hydrogen) atoms. The Morgan fingerprint density at radius 3 is 2.77 bits per heavy atom. The summed E-state index contributed by atoms with van der Waals surface area (Å²) in [7, 11) is -3.52. The molecule has 138 valence electrons. The molecule has 0 amide bonds. The van der Waals surface area contributed by atoms with Crippen molar-refractivity contribution in [2.45, 2.75) is 26.6 Å². The minimum atomic E-state index is -3.52. The lowest BCUT2D eigenvalue weighted by molar-refractivity contribution is 0.301. The highest BCUT2D eigenvalue weighted by atomic mass is 32.2. The first-order chi connectivity index (χ1) is 12.4. The van der Waals surface area contributed by atoms with Crippen molar-refractivity contribution in [3.8, 4) is 10.8 Å². The summed E-state index contributed by atoms with van der Waals surface area (Å²) in [4.78, 5) is 8.75. The van der Waals surface area contributed by atoms with Crippen LogP contribution < -0.4 is 4.31 Å². The number of nitrogens with zero attached hydrogens (tertiary/aromatic N) is 5. The van der Waals surface area contributed by atoms with E-state index in [1.54, 1.807) is 25.3 Å². The van der Waals surface area contributed by atoms with E-state index in [2.05, 4.69) is 20.2 Å². The first kappa shape index (κ1) is 18.4. The second-order valence-corrected chi connectivity index (χ2v) is 8.60. The molecular formula is C15H16FN5O3S2. The zero-order valence-corrected chi connectivity index (χ0v) is 15.7. The number of hydrogen-bond donors (Lipinski definition) is 0. The van der Waals surface area contributed by atoms with Gasteiger partial charge in [-0.15, -0.1) is 21.5 Å². The minimum Gasteiger partial charge on any atom is -0.417 e. The second kappa shape index (κ2) is 7.46. The van der Waals surface area contributed by atoms with Crippen molar-refractivity contribution in [2.75, 3.05) is 10.1 Å². The van der Waals surface area contributed by atoms with Gasteiger partial charge in [0, 0.05) is 6.20 Å². The predicted octanol–water partition coefficient (Wildman–Crippen LogP) is 2.97. The lowest BCUT2D eigenvalue weighted by atomic mass is 10.4. The summed E-state index contributed by atoms with van der Waals surface area (Å²) >= 11 is 1.20. The predicted molar refractivity (Wildman–Crippen MR) is 94.8 cm³/mol. The minimum absolute atomic E-state index is 0.0487. The highest BCUT2D eigenvalue weighted by Gasteiger charge is 2.23. The SMILES string of the molecule is CCS(=O)(=O)N(Cc1ncc(-c2nnc(C(C)F)o2)s1)c1cccnc1. The van der Waals surface area contributed by atoms with Gasteiger partial charge in [0.1, 0.15) is 9.88 Å². The van der Waals surface area contributed by atoms with E-state index in [0.29, 0.717) is 15.6 Å². The molecule has 0 N–H and O–H groups in total. The molecular weight excluding hydrogens is 381 g/mol. The van der Waals surface area contributed by atoms with Crippen LogP contribution in [0, 0.1) is 0 Å². The lowest BCUT2D eigenvalue weighted by Gasteiger charge is -2.22. The number of anilines is 1. The van der Waals surface area contributed by atoms with Gasteiger partial charge in [0.2, 0.25) is 10.0 Å². The quantitative estimate of drug-likeness (QED) is 0.604. The van der Waals surface area contributed by atoms with Crippen molar-refractivity contribution >= 4 is 27.0 Å². The molecule has 3 aromatic heterocycles. The van der Waals surface area contributed by atoms with E-state index in [0.717, 1.165) is 0 Å². The number of sulfonamides is 1. The third-order valence-corrected chi connectivity index (χ3v) is 6.17. The fraction of sp³-hybridized carbons (Fsp3) is 0.333. The Balaban J connectivity index is 1.87. The van der Waals surface area contributed by atoms with Crippen LogP contribution in [0.3, 0.4) is 0 Å². The molecule has 1 unspecified atom stereocenters. The molecule has 0 fully saturated rings. The maximum absolute atomic E-state index is 13.2. The Bertz CT molecular complexity index is 972. The Kier molecular flexibility index (Phi) is 5.28. The first-order valence-electron chi connectivity index (χ1n) is 7.73. The summed E-state index contributed by atoms with van der Waals surface area (Å²) in [6.45, 7) is 2.92. The van der Waals surface area contributed by atoms with E-state index in [1.807, 2.05) is 0 Å². The zero-order chi connectivity index (χ0) is 18.7. The monoisotopic (exact) mass is 397 g/mol. The molecule has 0 radical (unpaired) electrons. The molecule has 0 saturated heterocycles. The van der Waals surface area contributed by atoms with Crippen molar-refractivity contribution in [3.63, 3.8) is 0 Å². The van der Waals surface area contributed by atoms with Crippen LogP contribution in [0.25, 0.3) is 10.8 Å². The largest absolute Gasteiger partial charge is 0.417 e. The Hall–Kier alpha value is -2.40. The van der Waals surface area contributed by atoms with Gasteiger partial charge in [-0.1, -0.05) is 0 Å². The molecule has 0 aliphatic rings. The van der Waals surface area contributed by atoms with Gasteiger partial charge in [0.25, 0.3) is 11.8 Å². The van der Waals surface area contributed by atoms with E-state index in [-0.39, 0.29) is 24.1 Å². The number of alkyl halides is 1. The molecule has 0 aromatic carbocycles. The van der Waals surface area contributed by atoms with E-state index in [4.69, 9.17) is 4.42 Å². The number of halogens is 1. The first-order valence-corrected chi connectivity index (χ1v) is 10.2. The topological polar surface area (TPSA) is 102 Å². The van der Waals surface area contributed by atoms with Crippen LogP contribution in [0.15, 0.2) is 35.1 Å². The van der Waals surface area contributed by atoms with E-state index in [1.165, 1.54) is 35.0 Å². The summed E-state index contributed by atoms with van der Waals surface area (Å²) in [5.41, 5.74) is 0.456. The summed E-state index contributed by atoms with van der Waals surface area (Å²) in [5, 5.41) is 7.97.